The number of nitrogens with zero attached hydrogens (tertiary/aromatic N) is 1. The van der Waals surface area contributed by atoms with Crippen molar-refractivity contribution in [2.45, 2.75) is 12.8 Å². The van der Waals surface area contributed by atoms with Crippen LogP contribution in [-0.2, 0) is 9.63 Å². The summed E-state index contributed by atoms with van der Waals surface area (Å²) in [6.07, 6.45) is 6.48. The van der Waals surface area contributed by atoms with Crippen molar-refractivity contribution in [3.63, 3.8) is 0 Å². The van der Waals surface area contributed by atoms with Gasteiger partial charge < -0.3 is 9.63 Å². The topological polar surface area (TPSA) is 69.4 Å². The van der Waals surface area contributed by atoms with E-state index in [0.29, 0.717) is 12.8 Å². The Morgan fingerprint density at radius 3 is 2.83 bits per heavy atom. The molecule has 0 aliphatic carbocycles. The van der Waals surface area contributed by atoms with Crippen LogP contribution in [0.15, 0.2) is 0 Å². The maximum Gasteiger partial charge on any atom is 0.294 e. The zero-order valence-electron chi connectivity index (χ0n) is 6.43. The van der Waals surface area contributed by atoms with Gasteiger partial charge in [0.05, 0.1) is 0 Å². The minimum atomic E-state index is -0.898. The first kappa shape index (κ1) is 10.4. The van der Waals surface area contributed by atoms with Crippen molar-refractivity contribution in [2.24, 2.45) is 5.92 Å². The molecule has 0 rings (SSSR count). The largest absolute Gasteiger partial charge is 0.313 e. The van der Waals surface area contributed by atoms with E-state index in [-0.39, 0.29) is 12.5 Å². The van der Waals surface area contributed by atoms with Gasteiger partial charge in [0.2, 0.25) is 0 Å². The van der Waals surface area contributed by atoms with Crippen LogP contribution in [0.3, 0.4) is 0 Å². The molecule has 0 N–H and O–H groups in total. The predicted octanol–water partition coefficient (Wildman–Crippen LogP) is 0.423. The van der Waals surface area contributed by atoms with Crippen LogP contribution in [0.4, 0.5) is 0 Å². The van der Waals surface area contributed by atoms with E-state index in [2.05, 4.69) is 10.8 Å². The van der Waals surface area contributed by atoms with E-state index in [1.807, 2.05) is 0 Å². The van der Waals surface area contributed by atoms with Crippen molar-refractivity contribution in [3.05, 3.63) is 10.1 Å². The summed E-state index contributed by atoms with van der Waals surface area (Å²) in [7, 11) is 0. The Kier molecular flexibility index (Phi) is 5.35. The molecule has 5 nitrogen and oxygen atoms in total. The third-order valence-corrected chi connectivity index (χ3v) is 1.25. The van der Waals surface area contributed by atoms with Crippen molar-refractivity contribution < 1.29 is 14.7 Å². The van der Waals surface area contributed by atoms with Gasteiger partial charge in [-0.2, -0.15) is 0 Å². The fourth-order valence-electron chi connectivity index (χ4n) is 0.635. The van der Waals surface area contributed by atoms with Gasteiger partial charge in [-0.15, -0.1) is 22.5 Å². The van der Waals surface area contributed by atoms with Gasteiger partial charge >= 0.3 is 0 Å². The average Bonchev–Trinajstić information content (AvgIpc) is 2.05. The maximum absolute atomic E-state index is 9.92. The van der Waals surface area contributed by atoms with E-state index in [1.54, 1.807) is 0 Å². The monoisotopic (exact) mass is 171 g/mol. The van der Waals surface area contributed by atoms with Crippen LogP contribution in [0.2, 0.25) is 0 Å². The molecule has 0 aromatic carbocycles. The summed E-state index contributed by atoms with van der Waals surface area (Å²) in [5.74, 6) is 1.94. The highest BCUT2D eigenvalue weighted by Crippen LogP contribution is 2.04. The van der Waals surface area contributed by atoms with Crippen LogP contribution in [-0.4, -0.2) is 18.0 Å². The first-order valence-electron chi connectivity index (χ1n) is 3.37. The number of aldehydes is 1. The van der Waals surface area contributed by atoms with E-state index in [9.17, 15) is 14.9 Å². The maximum atomic E-state index is 9.92. The number of hydrogen-bond acceptors (Lipinski definition) is 4. The van der Waals surface area contributed by atoms with Crippen molar-refractivity contribution in [2.75, 3.05) is 6.61 Å². The van der Waals surface area contributed by atoms with Gasteiger partial charge in [-0.05, 0) is 6.42 Å². The van der Waals surface area contributed by atoms with Crippen LogP contribution in [0.1, 0.15) is 12.8 Å². The lowest BCUT2D eigenvalue weighted by Crippen LogP contribution is -2.11. The molecule has 0 aromatic rings. The molecule has 12 heavy (non-hydrogen) atoms. The fourth-order valence-corrected chi connectivity index (χ4v) is 0.635. The second-order valence-electron chi connectivity index (χ2n) is 2.13. The Hall–Kier alpha value is -1.57. The molecule has 0 bridgehead atoms. The third-order valence-electron chi connectivity index (χ3n) is 1.25. The van der Waals surface area contributed by atoms with Crippen LogP contribution in [0.25, 0.3) is 0 Å². The second-order valence-corrected chi connectivity index (χ2v) is 2.13. The quantitative estimate of drug-likeness (QED) is 0.251. The van der Waals surface area contributed by atoms with E-state index in [1.165, 1.54) is 0 Å². The molecule has 0 spiro atoms. The summed E-state index contributed by atoms with van der Waals surface area (Å²) >= 11 is 0. The fraction of sp³-hybridized carbons (Fsp3) is 0.571. The number of hydrogen-bond donors (Lipinski definition) is 0. The van der Waals surface area contributed by atoms with Crippen molar-refractivity contribution in [1.82, 2.24) is 0 Å². The summed E-state index contributed by atoms with van der Waals surface area (Å²) in [4.78, 5) is 23.7. The number of carbonyl (C=O) groups is 1. The zero-order chi connectivity index (χ0) is 9.40. The lowest BCUT2D eigenvalue weighted by Gasteiger charge is -2.05. The highest BCUT2D eigenvalue weighted by Gasteiger charge is 2.06. The van der Waals surface area contributed by atoms with Gasteiger partial charge in [0, 0.05) is 12.3 Å². The molecule has 0 aliphatic rings. The molecule has 0 amide bonds. The minimum Gasteiger partial charge on any atom is -0.313 e. The molecule has 0 saturated carbocycles. The molecular weight excluding hydrogens is 162 g/mol. The van der Waals surface area contributed by atoms with Gasteiger partial charge in [-0.25, -0.2) is 0 Å². The standard InChI is InChI=1S/C7H9NO4/c1-2-7(4-3-5-9)6-12-8(10)11/h1,5,7H,3-4,6H2. The molecule has 0 aromatic heterocycles. The normalized spacial score (nSPS) is 11.2. The van der Waals surface area contributed by atoms with Gasteiger partial charge in [-0.3, -0.25) is 0 Å². The first-order valence-corrected chi connectivity index (χ1v) is 3.37. The van der Waals surface area contributed by atoms with Crippen LogP contribution in [0.5, 0.6) is 0 Å². The molecule has 1 unspecified atom stereocenters. The summed E-state index contributed by atoms with van der Waals surface area (Å²) < 4.78 is 0. The summed E-state index contributed by atoms with van der Waals surface area (Å²) in [6, 6.07) is 0. The highest BCUT2D eigenvalue weighted by molar-refractivity contribution is 5.49. The van der Waals surface area contributed by atoms with Crippen LogP contribution >= 0.6 is 0 Å². The molecule has 0 heterocycles. The van der Waals surface area contributed by atoms with Crippen molar-refractivity contribution in [1.29, 1.82) is 0 Å². The Balaban J connectivity index is 3.61. The Bertz CT molecular complexity index is 196. The molecule has 66 valence electrons. The van der Waals surface area contributed by atoms with Gasteiger partial charge in [0.1, 0.15) is 12.9 Å². The summed E-state index contributed by atoms with van der Waals surface area (Å²) in [5.41, 5.74) is 0. The highest BCUT2D eigenvalue weighted by atomic mass is 16.9. The Morgan fingerprint density at radius 1 is 1.75 bits per heavy atom. The van der Waals surface area contributed by atoms with E-state index < -0.39 is 5.09 Å². The molecular formula is C7H9NO4. The Morgan fingerprint density at radius 2 is 2.42 bits per heavy atom. The number of carbonyl (C=O) groups excluding carboxylic acids is 1. The van der Waals surface area contributed by atoms with Crippen LogP contribution < -0.4 is 0 Å². The molecule has 1 atom stereocenters. The average molecular weight is 171 g/mol. The molecule has 5 heteroatoms. The molecule has 0 fully saturated rings. The zero-order valence-corrected chi connectivity index (χ0v) is 6.43. The first-order chi connectivity index (χ1) is 5.70. The Labute approximate surface area is 69.8 Å². The summed E-state index contributed by atoms with van der Waals surface area (Å²) in [6.45, 7) is -0.142. The van der Waals surface area contributed by atoms with Gasteiger partial charge in [0.15, 0.2) is 0 Å². The lowest BCUT2D eigenvalue weighted by molar-refractivity contribution is -0.758. The number of rotatable bonds is 6. The SMILES string of the molecule is C#CC(CCC=O)CO[N+](=O)[O-]. The smallest absolute Gasteiger partial charge is 0.294 e. The lowest BCUT2D eigenvalue weighted by atomic mass is 10.1. The third kappa shape index (κ3) is 5.23. The molecule has 0 radical (unpaired) electrons. The predicted molar refractivity (Wildman–Crippen MR) is 40.6 cm³/mol. The van der Waals surface area contributed by atoms with E-state index >= 15 is 0 Å². The van der Waals surface area contributed by atoms with Crippen molar-refractivity contribution in [3.8, 4) is 12.3 Å². The minimum absolute atomic E-state index is 0.142. The molecule has 0 saturated heterocycles. The van der Waals surface area contributed by atoms with Gasteiger partial charge in [-0.1, -0.05) is 0 Å². The van der Waals surface area contributed by atoms with E-state index in [0.717, 1.165) is 6.29 Å². The summed E-state index contributed by atoms with van der Waals surface area (Å²) in [5, 5.41) is 8.84. The second kappa shape index (κ2) is 6.16. The number of terminal acetylenes is 1. The molecule has 0 aliphatic heterocycles. The van der Waals surface area contributed by atoms with E-state index in [4.69, 9.17) is 6.42 Å². The van der Waals surface area contributed by atoms with Crippen LogP contribution in [0, 0.1) is 28.4 Å². The van der Waals surface area contributed by atoms with Gasteiger partial charge in [0.25, 0.3) is 5.09 Å². The van der Waals surface area contributed by atoms with Crippen molar-refractivity contribution >= 4 is 6.29 Å².